The number of benzene rings is 1. The number of nitrogens with zero attached hydrogens (tertiary/aromatic N) is 2. The summed E-state index contributed by atoms with van der Waals surface area (Å²) in [6, 6.07) is 9.05. The second-order valence-electron chi connectivity index (χ2n) is 4.75. The van der Waals surface area contributed by atoms with Crippen molar-refractivity contribution < 1.29 is 0 Å². The van der Waals surface area contributed by atoms with Crippen LogP contribution in [0.3, 0.4) is 0 Å². The van der Waals surface area contributed by atoms with Crippen molar-refractivity contribution in [2.45, 2.75) is 32.4 Å². The number of aromatic nitrogens is 2. The summed E-state index contributed by atoms with van der Waals surface area (Å²) >= 11 is 0. The predicted octanol–water partition coefficient (Wildman–Crippen LogP) is 2.65. The average molecular weight is 227 g/mol. The molecule has 3 heteroatoms. The van der Waals surface area contributed by atoms with Gasteiger partial charge < -0.3 is 10.3 Å². The van der Waals surface area contributed by atoms with Gasteiger partial charge in [-0.25, -0.2) is 4.98 Å². The van der Waals surface area contributed by atoms with Crippen molar-refractivity contribution in [3.8, 4) is 11.4 Å². The van der Waals surface area contributed by atoms with Crippen molar-refractivity contribution >= 4 is 0 Å². The van der Waals surface area contributed by atoms with Crippen LogP contribution in [0.5, 0.6) is 0 Å². The van der Waals surface area contributed by atoms with Crippen LogP contribution in [0.25, 0.3) is 11.4 Å². The molecule has 0 atom stereocenters. The second-order valence-corrected chi connectivity index (χ2v) is 4.75. The Morgan fingerprint density at radius 1 is 1.29 bits per heavy atom. The van der Waals surface area contributed by atoms with Gasteiger partial charge in [-0.3, -0.25) is 0 Å². The predicted molar refractivity (Wildman–Crippen MR) is 68.6 cm³/mol. The van der Waals surface area contributed by atoms with E-state index in [2.05, 4.69) is 46.9 Å². The molecule has 0 unspecified atom stereocenters. The van der Waals surface area contributed by atoms with E-state index in [1.165, 1.54) is 18.4 Å². The molecule has 0 bridgehead atoms. The van der Waals surface area contributed by atoms with E-state index < -0.39 is 0 Å². The number of aryl methyl sites for hydroxylation is 1. The van der Waals surface area contributed by atoms with Crippen molar-refractivity contribution in [3.63, 3.8) is 0 Å². The molecule has 1 aliphatic carbocycles. The van der Waals surface area contributed by atoms with Gasteiger partial charge in [-0.2, -0.15) is 0 Å². The Balaban J connectivity index is 2.01. The lowest BCUT2D eigenvalue weighted by Crippen LogP contribution is -1.98. The minimum Gasteiger partial charge on any atom is -0.328 e. The van der Waals surface area contributed by atoms with Gasteiger partial charge in [0.1, 0.15) is 5.82 Å². The summed E-state index contributed by atoms with van der Waals surface area (Å²) in [4.78, 5) is 4.63. The largest absolute Gasteiger partial charge is 0.328 e. The molecule has 0 aliphatic heterocycles. The SMILES string of the molecule is Cc1cn(C2CC2)c(-c2ccc(CN)cc2)n1. The van der Waals surface area contributed by atoms with Crippen LogP contribution < -0.4 is 5.73 Å². The van der Waals surface area contributed by atoms with Crippen LogP contribution in [0.1, 0.15) is 30.1 Å². The molecule has 1 saturated carbocycles. The van der Waals surface area contributed by atoms with E-state index in [0.29, 0.717) is 12.6 Å². The molecule has 0 saturated heterocycles. The summed E-state index contributed by atoms with van der Waals surface area (Å²) in [7, 11) is 0. The molecule has 2 aromatic rings. The van der Waals surface area contributed by atoms with E-state index in [4.69, 9.17) is 5.73 Å². The Morgan fingerprint density at radius 2 is 2.00 bits per heavy atom. The first-order valence-corrected chi connectivity index (χ1v) is 6.13. The van der Waals surface area contributed by atoms with Crippen molar-refractivity contribution in [2.24, 2.45) is 5.73 Å². The lowest BCUT2D eigenvalue weighted by molar-refractivity contribution is 0.749. The van der Waals surface area contributed by atoms with Gasteiger partial charge >= 0.3 is 0 Å². The molecular formula is C14H17N3. The van der Waals surface area contributed by atoms with Gasteiger partial charge in [-0.15, -0.1) is 0 Å². The highest BCUT2D eigenvalue weighted by Gasteiger charge is 2.26. The Morgan fingerprint density at radius 3 is 2.59 bits per heavy atom. The maximum atomic E-state index is 5.61. The van der Waals surface area contributed by atoms with E-state index in [0.717, 1.165) is 17.1 Å². The highest BCUT2D eigenvalue weighted by atomic mass is 15.1. The molecular weight excluding hydrogens is 210 g/mol. The molecule has 1 aromatic carbocycles. The minimum absolute atomic E-state index is 0.594. The summed E-state index contributed by atoms with van der Waals surface area (Å²) in [6.07, 6.45) is 4.72. The maximum Gasteiger partial charge on any atom is 0.140 e. The van der Waals surface area contributed by atoms with Crippen LogP contribution in [0.2, 0.25) is 0 Å². The highest BCUT2D eigenvalue weighted by Crippen LogP contribution is 2.38. The summed E-state index contributed by atoms with van der Waals surface area (Å²) in [5.41, 5.74) is 9.05. The first-order chi connectivity index (χ1) is 8.28. The molecule has 1 aliphatic rings. The van der Waals surface area contributed by atoms with Gasteiger partial charge in [0.15, 0.2) is 0 Å². The highest BCUT2D eigenvalue weighted by molar-refractivity contribution is 5.57. The Hall–Kier alpha value is -1.61. The minimum atomic E-state index is 0.594. The van der Waals surface area contributed by atoms with Crippen LogP contribution in [0.15, 0.2) is 30.5 Å². The summed E-state index contributed by atoms with van der Waals surface area (Å²) in [5.74, 6) is 1.09. The van der Waals surface area contributed by atoms with Crippen molar-refractivity contribution in [2.75, 3.05) is 0 Å². The lowest BCUT2D eigenvalue weighted by atomic mass is 10.1. The fourth-order valence-corrected chi connectivity index (χ4v) is 2.15. The topological polar surface area (TPSA) is 43.8 Å². The third-order valence-electron chi connectivity index (χ3n) is 3.24. The second kappa shape index (κ2) is 4.00. The first-order valence-electron chi connectivity index (χ1n) is 6.13. The molecule has 1 fully saturated rings. The molecule has 0 spiro atoms. The monoisotopic (exact) mass is 227 g/mol. The summed E-state index contributed by atoms with van der Waals surface area (Å²) < 4.78 is 2.31. The molecule has 17 heavy (non-hydrogen) atoms. The van der Waals surface area contributed by atoms with Gasteiger partial charge in [-0.05, 0) is 25.3 Å². The van der Waals surface area contributed by atoms with Crippen LogP contribution >= 0.6 is 0 Å². The molecule has 3 nitrogen and oxygen atoms in total. The molecule has 88 valence electrons. The summed E-state index contributed by atoms with van der Waals surface area (Å²) in [5, 5.41) is 0. The van der Waals surface area contributed by atoms with Gasteiger partial charge in [0.2, 0.25) is 0 Å². The maximum absolute atomic E-state index is 5.61. The van der Waals surface area contributed by atoms with E-state index >= 15 is 0 Å². The standard InChI is InChI=1S/C14H17N3/c1-10-9-17(13-6-7-13)14(16-10)12-4-2-11(8-15)3-5-12/h2-5,9,13H,6-8,15H2,1H3. The van der Waals surface area contributed by atoms with E-state index in [9.17, 15) is 0 Å². The number of hydrogen-bond donors (Lipinski definition) is 1. The molecule has 2 N–H and O–H groups in total. The molecule has 3 rings (SSSR count). The van der Waals surface area contributed by atoms with Gasteiger partial charge in [0.25, 0.3) is 0 Å². The zero-order valence-electron chi connectivity index (χ0n) is 10.1. The van der Waals surface area contributed by atoms with Crippen molar-refractivity contribution in [1.29, 1.82) is 0 Å². The fraction of sp³-hybridized carbons (Fsp3) is 0.357. The third-order valence-corrected chi connectivity index (χ3v) is 3.24. The van der Waals surface area contributed by atoms with E-state index in [1.54, 1.807) is 0 Å². The quantitative estimate of drug-likeness (QED) is 0.876. The first kappa shape index (κ1) is 10.5. The molecule has 1 aromatic heterocycles. The number of nitrogens with two attached hydrogens (primary N) is 1. The van der Waals surface area contributed by atoms with Gasteiger partial charge in [0, 0.05) is 24.3 Å². The average Bonchev–Trinajstić information content (AvgIpc) is 3.13. The van der Waals surface area contributed by atoms with Gasteiger partial charge in [-0.1, -0.05) is 24.3 Å². The third kappa shape index (κ3) is 1.98. The molecule has 0 amide bonds. The fourth-order valence-electron chi connectivity index (χ4n) is 2.15. The van der Waals surface area contributed by atoms with Crippen LogP contribution in [-0.2, 0) is 6.54 Å². The van der Waals surface area contributed by atoms with E-state index in [1.807, 2.05) is 0 Å². The lowest BCUT2D eigenvalue weighted by Gasteiger charge is -2.06. The Bertz CT molecular complexity index is 521. The van der Waals surface area contributed by atoms with Gasteiger partial charge in [0.05, 0.1) is 5.69 Å². The Kier molecular flexibility index (Phi) is 2.48. The van der Waals surface area contributed by atoms with Crippen molar-refractivity contribution in [1.82, 2.24) is 9.55 Å². The Labute approximate surface area is 101 Å². The normalized spacial score (nSPS) is 15.2. The number of rotatable bonds is 3. The zero-order valence-corrected chi connectivity index (χ0v) is 10.1. The molecule has 1 heterocycles. The molecule has 0 radical (unpaired) electrons. The summed E-state index contributed by atoms with van der Waals surface area (Å²) in [6.45, 7) is 2.65. The number of hydrogen-bond acceptors (Lipinski definition) is 2. The van der Waals surface area contributed by atoms with Crippen LogP contribution in [-0.4, -0.2) is 9.55 Å². The smallest absolute Gasteiger partial charge is 0.140 e. The van der Waals surface area contributed by atoms with Crippen LogP contribution in [0.4, 0.5) is 0 Å². The zero-order chi connectivity index (χ0) is 11.8. The number of imidazole rings is 1. The van der Waals surface area contributed by atoms with Crippen LogP contribution in [0, 0.1) is 6.92 Å². The van der Waals surface area contributed by atoms with E-state index in [-0.39, 0.29) is 0 Å². The van der Waals surface area contributed by atoms with Crippen molar-refractivity contribution in [3.05, 3.63) is 41.7 Å².